The fourth-order valence-corrected chi connectivity index (χ4v) is 2.47. The lowest BCUT2D eigenvalue weighted by Gasteiger charge is -2.33. The van der Waals surface area contributed by atoms with Crippen LogP contribution in [0.3, 0.4) is 0 Å². The number of nitriles is 2. The Hall–Kier alpha value is -2.95. The lowest BCUT2D eigenvalue weighted by molar-refractivity contribution is -0.137. The molecule has 1 aromatic rings. The smallest absolute Gasteiger partial charge is 0.351 e. The molecule has 28 heavy (non-hydrogen) atoms. The minimum Gasteiger partial charge on any atom is -0.351 e. The first-order chi connectivity index (χ1) is 12.8. The van der Waals surface area contributed by atoms with E-state index >= 15 is 0 Å². The van der Waals surface area contributed by atoms with Crippen molar-refractivity contribution < 1.29 is 31.1 Å². The van der Waals surface area contributed by atoms with Crippen molar-refractivity contribution in [2.24, 2.45) is 0 Å². The molecule has 1 amide bonds. The summed E-state index contributed by atoms with van der Waals surface area (Å²) in [6.45, 7) is -0.585. The zero-order valence-electron chi connectivity index (χ0n) is 14.9. The summed E-state index contributed by atoms with van der Waals surface area (Å²) in [7, 11) is 1.28. The second-order valence-electron chi connectivity index (χ2n) is 5.93. The molecule has 1 rings (SSSR count). The molecule has 152 valence electrons. The molecule has 0 saturated heterocycles. The highest BCUT2D eigenvalue weighted by atomic mass is 19.4. The summed E-state index contributed by atoms with van der Waals surface area (Å²) in [6.07, 6.45) is -9.81. The number of benzene rings is 1. The number of rotatable bonds is 6. The molecule has 1 aromatic carbocycles. The summed E-state index contributed by atoms with van der Waals surface area (Å²) in [5.74, 6) is -0.794. The van der Waals surface area contributed by atoms with Crippen LogP contribution in [0.25, 0.3) is 0 Å². The van der Waals surface area contributed by atoms with E-state index in [2.05, 4.69) is 0 Å². The third-order valence-electron chi connectivity index (χ3n) is 3.87. The Morgan fingerprint density at radius 3 is 2.25 bits per heavy atom. The summed E-state index contributed by atoms with van der Waals surface area (Å²) in [5, 5.41) is 17.4. The van der Waals surface area contributed by atoms with E-state index in [1.807, 2.05) is 0 Å². The molecule has 0 bridgehead atoms. The lowest BCUT2D eigenvalue weighted by atomic mass is 10.1. The fraction of sp³-hybridized carbons (Fsp3) is 0.471. The van der Waals surface area contributed by atoms with E-state index < -0.39 is 47.7 Å². The van der Waals surface area contributed by atoms with E-state index in [1.54, 1.807) is 6.07 Å². The summed E-state index contributed by atoms with van der Waals surface area (Å²) in [6, 6.07) is 3.78. The summed E-state index contributed by atoms with van der Waals surface area (Å²) in [5.41, 5.74) is -2.64. The number of hydrogen-bond donors (Lipinski definition) is 0. The van der Waals surface area contributed by atoms with Gasteiger partial charge in [0, 0.05) is 19.3 Å². The molecule has 0 radical (unpaired) electrons. The van der Waals surface area contributed by atoms with E-state index in [4.69, 9.17) is 10.5 Å². The number of likely N-dealkylation sites (N-methyl/N-ethyl adjacent to an activating group) is 1. The predicted octanol–water partition coefficient (Wildman–Crippen LogP) is 3.71. The van der Waals surface area contributed by atoms with Gasteiger partial charge in [0.2, 0.25) is 5.91 Å². The highest BCUT2D eigenvalue weighted by Crippen LogP contribution is 2.35. The number of amides is 1. The first kappa shape index (κ1) is 23.1. The first-order valence-electron chi connectivity index (χ1n) is 7.88. The average Bonchev–Trinajstić information content (AvgIpc) is 2.60. The van der Waals surface area contributed by atoms with Gasteiger partial charge < -0.3 is 9.80 Å². The van der Waals surface area contributed by atoms with Crippen molar-refractivity contribution in [3.63, 3.8) is 0 Å². The molecule has 1 unspecified atom stereocenters. The van der Waals surface area contributed by atoms with Gasteiger partial charge in [-0.15, -0.1) is 0 Å². The molecular formula is C17H16F6N4O. The van der Waals surface area contributed by atoms with Crippen LogP contribution in [0.2, 0.25) is 0 Å². The molecule has 0 spiro atoms. The second-order valence-corrected chi connectivity index (χ2v) is 5.93. The molecule has 11 heteroatoms. The largest absolute Gasteiger partial charge is 0.417 e. The molecule has 0 aliphatic rings. The van der Waals surface area contributed by atoms with Gasteiger partial charge in [0.1, 0.15) is 12.6 Å². The highest BCUT2D eigenvalue weighted by molar-refractivity contribution is 5.85. The van der Waals surface area contributed by atoms with E-state index in [-0.39, 0.29) is 13.0 Å². The van der Waals surface area contributed by atoms with Crippen LogP contribution in [0.15, 0.2) is 18.2 Å². The average molecular weight is 406 g/mol. The number of halogens is 6. The monoisotopic (exact) mass is 406 g/mol. The maximum Gasteiger partial charge on any atom is 0.417 e. The van der Waals surface area contributed by atoms with Gasteiger partial charge in [0.15, 0.2) is 0 Å². The fourth-order valence-electron chi connectivity index (χ4n) is 2.47. The molecule has 0 aromatic heterocycles. The maximum absolute atomic E-state index is 13.1. The van der Waals surface area contributed by atoms with Crippen molar-refractivity contribution in [1.82, 2.24) is 4.90 Å². The van der Waals surface area contributed by atoms with Crippen LogP contribution >= 0.6 is 0 Å². The van der Waals surface area contributed by atoms with E-state index in [9.17, 15) is 31.1 Å². The van der Waals surface area contributed by atoms with Gasteiger partial charge in [-0.25, -0.2) is 0 Å². The Bertz CT molecular complexity index is 791. The van der Waals surface area contributed by atoms with Crippen molar-refractivity contribution in [2.45, 2.75) is 31.7 Å². The van der Waals surface area contributed by atoms with Crippen LogP contribution in [-0.2, 0) is 11.0 Å². The van der Waals surface area contributed by atoms with Crippen LogP contribution in [0.1, 0.15) is 24.5 Å². The number of hydrogen-bond acceptors (Lipinski definition) is 4. The van der Waals surface area contributed by atoms with Crippen molar-refractivity contribution in [3.05, 3.63) is 29.3 Å². The topological polar surface area (TPSA) is 71.1 Å². The normalized spacial score (nSPS) is 12.6. The molecule has 0 aliphatic heterocycles. The number of nitrogens with zero attached hydrogens (tertiary/aromatic N) is 4. The second kappa shape index (κ2) is 8.83. The zero-order chi connectivity index (χ0) is 21.7. The predicted molar refractivity (Wildman–Crippen MR) is 86.9 cm³/mol. The molecule has 5 nitrogen and oxygen atoms in total. The van der Waals surface area contributed by atoms with Crippen molar-refractivity contribution >= 4 is 11.6 Å². The Kier molecular flexibility index (Phi) is 7.28. The first-order valence-corrected chi connectivity index (χ1v) is 7.88. The van der Waals surface area contributed by atoms with Gasteiger partial charge >= 0.3 is 12.4 Å². The SMILES string of the molecule is CC(C(=O)N(C)CCC#N)N(CC(F)(F)F)c1ccc(C#N)c(C(F)(F)F)c1. The van der Waals surface area contributed by atoms with Crippen LogP contribution in [0.5, 0.6) is 0 Å². The molecule has 0 fully saturated rings. The molecule has 0 aliphatic carbocycles. The summed E-state index contributed by atoms with van der Waals surface area (Å²) >= 11 is 0. The van der Waals surface area contributed by atoms with E-state index in [0.29, 0.717) is 11.0 Å². The van der Waals surface area contributed by atoms with Crippen LogP contribution in [0.4, 0.5) is 32.0 Å². The minimum atomic E-state index is -4.96. The molecule has 0 heterocycles. The molecule has 0 N–H and O–H groups in total. The Morgan fingerprint density at radius 2 is 1.79 bits per heavy atom. The van der Waals surface area contributed by atoms with Crippen molar-refractivity contribution in [3.8, 4) is 12.1 Å². The van der Waals surface area contributed by atoms with Gasteiger partial charge in [0.25, 0.3) is 0 Å². The minimum absolute atomic E-state index is 0.0410. The van der Waals surface area contributed by atoms with Gasteiger partial charge in [-0.2, -0.15) is 36.9 Å². The van der Waals surface area contributed by atoms with Crippen LogP contribution < -0.4 is 4.90 Å². The van der Waals surface area contributed by atoms with Gasteiger partial charge in [-0.1, -0.05) is 0 Å². The van der Waals surface area contributed by atoms with Gasteiger partial charge in [-0.05, 0) is 25.1 Å². The highest BCUT2D eigenvalue weighted by Gasteiger charge is 2.38. The Balaban J connectivity index is 3.38. The van der Waals surface area contributed by atoms with Crippen molar-refractivity contribution in [1.29, 1.82) is 10.5 Å². The molecule has 1 atom stereocenters. The maximum atomic E-state index is 13.1. The molecule has 0 saturated carbocycles. The van der Waals surface area contributed by atoms with Gasteiger partial charge in [0.05, 0.1) is 29.7 Å². The van der Waals surface area contributed by atoms with E-state index in [1.165, 1.54) is 13.1 Å². The summed E-state index contributed by atoms with van der Waals surface area (Å²) in [4.78, 5) is 13.9. The van der Waals surface area contributed by atoms with Gasteiger partial charge in [-0.3, -0.25) is 4.79 Å². The quantitative estimate of drug-likeness (QED) is 0.676. The standard InChI is InChI=1S/C17H16F6N4O/c1-11(15(28)26(2)7-3-6-24)27(10-16(18,19)20)13-5-4-12(9-25)14(8-13)17(21,22)23/h4-5,8,11H,3,7,10H2,1-2H3. The third kappa shape index (κ3) is 6.05. The van der Waals surface area contributed by atoms with Crippen LogP contribution in [-0.4, -0.2) is 43.2 Å². The number of carbonyl (C=O) groups excluding carboxylic acids is 1. The van der Waals surface area contributed by atoms with E-state index in [0.717, 1.165) is 24.0 Å². The Morgan fingerprint density at radius 1 is 1.18 bits per heavy atom. The number of carbonyl (C=O) groups is 1. The third-order valence-corrected chi connectivity index (χ3v) is 3.87. The summed E-state index contributed by atoms with van der Waals surface area (Å²) < 4.78 is 78.5. The number of alkyl halides is 6. The number of anilines is 1. The molecular weight excluding hydrogens is 390 g/mol. The lowest BCUT2D eigenvalue weighted by Crippen LogP contribution is -2.49. The van der Waals surface area contributed by atoms with Crippen LogP contribution in [0, 0.1) is 22.7 Å². The zero-order valence-corrected chi connectivity index (χ0v) is 14.9. The Labute approximate surface area is 157 Å². The van der Waals surface area contributed by atoms with Crippen molar-refractivity contribution in [2.75, 3.05) is 25.0 Å².